The molecule has 2 aliphatic rings. The first-order valence-electron chi connectivity index (χ1n) is 11.7. The zero-order valence-corrected chi connectivity index (χ0v) is 18.9. The molecule has 2 saturated heterocycles. The van der Waals surface area contributed by atoms with Gasteiger partial charge in [0.25, 0.3) is 0 Å². The van der Waals surface area contributed by atoms with Crippen molar-refractivity contribution in [1.29, 1.82) is 0 Å². The first kappa shape index (κ1) is 23.2. The summed E-state index contributed by atoms with van der Waals surface area (Å²) < 4.78 is 13.8. The highest BCUT2D eigenvalue weighted by atomic mass is 19.1. The van der Waals surface area contributed by atoms with E-state index in [1.54, 1.807) is 12.1 Å². The molecule has 6 heteroatoms. The van der Waals surface area contributed by atoms with E-state index in [-0.39, 0.29) is 17.8 Å². The summed E-state index contributed by atoms with van der Waals surface area (Å²) in [5.41, 5.74) is 0.654. The van der Waals surface area contributed by atoms with Crippen LogP contribution < -0.4 is 10.6 Å². The lowest BCUT2D eigenvalue weighted by molar-refractivity contribution is -0.125. The Balaban J connectivity index is 1.51. The summed E-state index contributed by atoms with van der Waals surface area (Å²) >= 11 is 0. The summed E-state index contributed by atoms with van der Waals surface area (Å²) in [7, 11) is 0. The number of carbonyl (C=O) groups excluding carboxylic acids is 1. The molecule has 0 unspecified atom stereocenters. The van der Waals surface area contributed by atoms with Gasteiger partial charge in [0.1, 0.15) is 5.82 Å². The lowest BCUT2D eigenvalue weighted by atomic mass is 10.0. The highest BCUT2D eigenvalue weighted by molar-refractivity contribution is 5.82. The van der Waals surface area contributed by atoms with Crippen molar-refractivity contribution < 1.29 is 9.18 Å². The van der Waals surface area contributed by atoms with Gasteiger partial charge in [0.15, 0.2) is 0 Å². The van der Waals surface area contributed by atoms with Crippen molar-refractivity contribution >= 4 is 5.91 Å². The highest BCUT2D eigenvalue weighted by Crippen LogP contribution is 2.22. The van der Waals surface area contributed by atoms with Gasteiger partial charge in [0.2, 0.25) is 5.91 Å². The largest absolute Gasteiger partial charge is 0.354 e. The van der Waals surface area contributed by atoms with Crippen molar-refractivity contribution in [3.63, 3.8) is 0 Å². The van der Waals surface area contributed by atoms with Crippen molar-refractivity contribution in [2.24, 2.45) is 5.92 Å². The number of nitrogens with one attached hydrogen (secondary N) is 2. The van der Waals surface area contributed by atoms with Crippen LogP contribution in [0.4, 0.5) is 4.39 Å². The molecular formula is C24H39FN4O. The van der Waals surface area contributed by atoms with E-state index in [0.717, 1.165) is 39.1 Å². The van der Waals surface area contributed by atoms with Gasteiger partial charge in [-0.2, -0.15) is 0 Å². The van der Waals surface area contributed by atoms with Crippen LogP contribution in [0.3, 0.4) is 0 Å². The minimum atomic E-state index is -0.201. The number of benzene rings is 1. The van der Waals surface area contributed by atoms with E-state index < -0.39 is 0 Å². The van der Waals surface area contributed by atoms with E-state index in [4.69, 9.17) is 0 Å². The fourth-order valence-corrected chi connectivity index (χ4v) is 4.86. The number of rotatable bonds is 9. The second-order valence-corrected chi connectivity index (χ2v) is 9.30. The van der Waals surface area contributed by atoms with E-state index in [1.807, 2.05) is 6.07 Å². The maximum atomic E-state index is 13.8. The molecule has 168 valence electrons. The molecule has 0 spiro atoms. The first-order chi connectivity index (χ1) is 14.5. The predicted octanol–water partition coefficient (Wildman–Crippen LogP) is 2.66. The SMILES string of the molecule is CCN1CCC(N[C@H]2C[C@@H](C(=O)NCCc3ccccc3F)N(CC(C)C)C2)CC1. The summed E-state index contributed by atoms with van der Waals surface area (Å²) in [6.07, 6.45) is 3.75. The van der Waals surface area contributed by atoms with Crippen molar-refractivity contribution in [3.05, 3.63) is 35.6 Å². The Kier molecular flexibility index (Phi) is 8.66. The molecule has 0 aromatic heterocycles. The molecule has 2 atom stereocenters. The molecule has 1 aromatic carbocycles. The summed E-state index contributed by atoms with van der Waals surface area (Å²) in [5.74, 6) is 0.398. The Morgan fingerprint density at radius 3 is 2.60 bits per heavy atom. The van der Waals surface area contributed by atoms with Crippen LogP contribution in [0.25, 0.3) is 0 Å². The zero-order chi connectivity index (χ0) is 21.5. The maximum absolute atomic E-state index is 13.8. The average molecular weight is 419 g/mol. The molecular weight excluding hydrogens is 379 g/mol. The van der Waals surface area contributed by atoms with Gasteiger partial charge in [-0.15, -0.1) is 0 Å². The van der Waals surface area contributed by atoms with E-state index in [0.29, 0.717) is 36.5 Å². The van der Waals surface area contributed by atoms with E-state index in [1.165, 1.54) is 18.9 Å². The number of piperidine rings is 1. The van der Waals surface area contributed by atoms with Crippen LogP contribution in [0, 0.1) is 11.7 Å². The third-order valence-corrected chi connectivity index (χ3v) is 6.46. The number of carbonyl (C=O) groups is 1. The number of hydrogen-bond donors (Lipinski definition) is 2. The van der Waals surface area contributed by atoms with Crippen LogP contribution in [-0.2, 0) is 11.2 Å². The molecule has 2 heterocycles. The van der Waals surface area contributed by atoms with Crippen molar-refractivity contribution in [3.8, 4) is 0 Å². The molecule has 1 amide bonds. The van der Waals surface area contributed by atoms with E-state index in [9.17, 15) is 9.18 Å². The molecule has 0 saturated carbocycles. The normalized spacial score (nSPS) is 23.9. The number of likely N-dealkylation sites (tertiary alicyclic amines) is 2. The van der Waals surface area contributed by atoms with Crippen LogP contribution in [0.5, 0.6) is 0 Å². The molecule has 0 aliphatic carbocycles. The van der Waals surface area contributed by atoms with Crippen molar-refractivity contribution in [2.45, 2.75) is 64.6 Å². The van der Waals surface area contributed by atoms with Crippen LogP contribution in [-0.4, -0.2) is 73.1 Å². The van der Waals surface area contributed by atoms with Gasteiger partial charge in [-0.25, -0.2) is 4.39 Å². The number of hydrogen-bond acceptors (Lipinski definition) is 4. The summed E-state index contributed by atoms with van der Waals surface area (Å²) in [6, 6.07) is 7.61. The van der Waals surface area contributed by atoms with Gasteiger partial charge >= 0.3 is 0 Å². The summed E-state index contributed by atoms with van der Waals surface area (Å²) in [5, 5.41) is 6.90. The topological polar surface area (TPSA) is 47.6 Å². The van der Waals surface area contributed by atoms with Gasteiger partial charge in [-0.3, -0.25) is 9.69 Å². The third-order valence-electron chi connectivity index (χ3n) is 6.46. The Bertz CT molecular complexity index is 675. The monoisotopic (exact) mass is 418 g/mol. The van der Waals surface area contributed by atoms with Gasteiger partial charge in [0.05, 0.1) is 6.04 Å². The number of halogens is 1. The summed E-state index contributed by atoms with van der Waals surface area (Å²) in [4.78, 5) is 17.8. The fraction of sp³-hybridized carbons (Fsp3) is 0.708. The van der Waals surface area contributed by atoms with Crippen LogP contribution in [0.1, 0.15) is 45.6 Å². The second-order valence-electron chi connectivity index (χ2n) is 9.30. The van der Waals surface area contributed by atoms with Crippen LogP contribution in [0.15, 0.2) is 24.3 Å². The quantitative estimate of drug-likeness (QED) is 0.647. The Hall–Kier alpha value is -1.50. The molecule has 0 radical (unpaired) electrons. The first-order valence-corrected chi connectivity index (χ1v) is 11.7. The van der Waals surface area contributed by atoms with E-state index >= 15 is 0 Å². The fourth-order valence-electron chi connectivity index (χ4n) is 4.86. The smallest absolute Gasteiger partial charge is 0.237 e. The van der Waals surface area contributed by atoms with Crippen molar-refractivity contribution in [2.75, 3.05) is 39.3 Å². The Morgan fingerprint density at radius 2 is 1.93 bits per heavy atom. The van der Waals surface area contributed by atoms with Gasteiger partial charge in [-0.1, -0.05) is 39.0 Å². The lowest BCUT2D eigenvalue weighted by Crippen LogP contribution is -2.47. The standard InChI is InChI=1S/C24H39FN4O/c1-4-28-13-10-20(11-14-28)27-21-15-23(29(17-21)16-18(2)3)24(30)26-12-9-19-7-5-6-8-22(19)25/h5-8,18,20-21,23,27H,4,9-17H2,1-3H3,(H,26,30)/t21-,23-/m0/s1. The highest BCUT2D eigenvalue weighted by Gasteiger charge is 2.37. The number of amides is 1. The number of nitrogens with zero attached hydrogens (tertiary/aromatic N) is 2. The third kappa shape index (κ3) is 6.50. The molecule has 0 bridgehead atoms. The molecule has 30 heavy (non-hydrogen) atoms. The molecule has 2 aliphatic heterocycles. The predicted molar refractivity (Wildman–Crippen MR) is 120 cm³/mol. The average Bonchev–Trinajstić information content (AvgIpc) is 3.11. The van der Waals surface area contributed by atoms with Gasteiger partial charge in [0, 0.05) is 31.7 Å². The van der Waals surface area contributed by atoms with Crippen LogP contribution in [0.2, 0.25) is 0 Å². The van der Waals surface area contributed by atoms with Crippen LogP contribution >= 0.6 is 0 Å². The van der Waals surface area contributed by atoms with Gasteiger partial charge in [-0.05, 0) is 62.9 Å². The van der Waals surface area contributed by atoms with E-state index in [2.05, 4.69) is 41.2 Å². The molecule has 3 rings (SSSR count). The Labute approximate surface area is 181 Å². The maximum Gasteiger partial charge on any atom is 0.237 e. The molecule has 1 aromatic rings. The zero-order valence-electron chi connectivity index (χ0n) is 18.9. The van der Waals surface area contributed by atoms with Crippen molar-refractivity contribution in [1.82, 2.24) is 20.4 Å². The minimum Gasteiger partial charge on any atom is -0.354 e. The van der Waals surface area contributed by atoms with Gasteiger partial charge < -0.3 is 15.5 Å². The Morgan fingerprint density at radius 1 is 1.20 bits per heavy atom. The molecule has 2 N–H and O–H groups in total. The minimum absolute atomic E-state index is 0.0806. The summed E-state index contributed by atoms with van der Waals surface area (Å²) in [6.45, 7) is 12.4. The lowest BCUT2D eigenvalue weighted by Gasteiger charge is -2.33. The molecule has 2 fully saturated rings. The molecule has 5 nitrogen and oxygen atoms in total. The second kappa shape index (κ2) is 11.2.